The maximum absolute atomic E-state index is 11.3. The van der Waals surface area contributed by atoms with Crippen LogP contribution in [0.25, 0.3) is 0 Å². The molecular formula is C13H19NO4. The summed E-state index contributed by atoms with van der Waals surface area (Å²) in [6, 6.07) is 6.47. The van der Waals surface area contributed by atoms with Gasteiger partial charge in [0.2, 0.25) is 0 Å². The summed E-state index contributed by atoms with van der Waals surface area (Å²) in [5.41, 5.74) is 0.756. The van der Waals surface area contributed by atoms with E-state index in [2.05, 4.69) is 5.32 Å². The molecule has 0 saturated carbocycles. The van der Waals surface area contributed by atoms with Gasteiger partial charge in [-0.05, 0) is 30.7 Å². The minimum atomic E-state index is -0.330. The van der Waals surface area contributed by atoms with E-state index in [1.165, 1.54) is 0 Å². The zero-order chi connectivity index (χ0) is 13.2. The number of anilines is 1. The second-order valence-electron chi connectivity index (χ2n) is 3.73. The van der Waals surface area contributed by atoms with E-state index in [0.29, 0.717) is 13.2 Å². The summed E-state index contributed by atoms with van der Waals surface area (Å²) in [5.74, 6) is -0.139. The van der Waals surface area contributed by atoms with Gasteiger partial charge in [-0.3, -0.25) is 4.79 Å². The van der Waals surface area contributed by atoms with Crippen LogP contribution in [-0.2, 0) is 14.3 Å². The minimum absolute atomic E-state index is 0.0958. The highest BCUT2D eigenvalue weighted by Crippen LogP contribution is 2.13. The van der Waals surface area contributed by atoms with Crippen molar-refractivity contribution in [3.63, 3.8) is 0 Å². The summed E-state index contributed by atoms with van der Waals surface area (Å²) in [6.45, 7) is 3.50. The average molecular weight is 253 g/mol. The Bertz CT molecular complexity index is 351. The zero-order valence-electron chi connectivity index (χ0n) is 10.5. The van der Waals surface area contributed by atoms with Crippen molar-refractivity contribution in [2.45, 2.75) is 13.3 Å². The van der Waals surface area contributed by atoms with Crippen LogP contribution in [0.5, 0.6) is 5.75 Å². The highest BCUT2D eigenvalue weighted by Gasteiger charge is 2.02. The Labute approximate surface area is 107 Å². The molecule has 0 aliphatic carbocycles. The van der Waals surface area contributed by atoms with Crippen LogP contribution >= 0.6 is 0 Å². The lowest BCUT2D eigenvalue weighted by Crippen LogP contribution is -2.19. The van der Waals surface area contributed by atoms with Crippen LogP contribution in [-0.4, -0.2) is 37.4 Å². The maximum Gasteiger partial charge on any atom is 0.325 e. The standard InChI is InChI=1S/C13H19NO4/c1-2-7-17-8-9-18-13(16)10-14-11-3-5-12(15)6-4-11/h3-6,14-15H,2,7-10H2,1H3. The summed E-state index contributed by atoms with van der Waals surface area (Å²) in [5, 5.41) is 12.0. The molecule has 0 spiro atoms. The molecule has 0 atom stereocenters. The van der Waals surface area contributed by atoms with Crippen LogP contribution in [0.4, 0.5) is 5.69 Å². The van der Waals surface area contributed by atoms with Crippen molar-refractivity contribution in [2.75, 3.05) is 31.7 Å². The Balaban J connectivity index is 2.11. The molecule has 0 amide bonds. The number of phenolic OH excluding ortho intramolecular Hbond substituents is 1. The molecule has 0 fully saturated rings. The Kier molecular flexibility index (Phi) is 6.64. The quantitative estimate of drug-likeness (QED) is 0.420. The topological polar surface area (TPSA) is 67.8 Å². The third-order valence-electron chi connectivity index (χ3n) is 2.14. The number of carbonyl (C=O) groups is 1. The van der Waals surface area contributed by atoms with Crippen molar-refractivity contribution in [3.05, 3.63) is 24.3 Å². The number of rotatable bonds is 8. The number of hydrogen-bond donors (Lipinski definition) is 2. The number of nitrogens with one attached hydrogen (secondary N) is 1. The first kappa shape index (κ1) is 14.3. The summed E-state index contributed by atoms with van der Waals surface area (Å²) in [7, 11) is 0. The van der Waals surface area contributed by atoms with Gasteiger partial charge in [-0.15, -0.1) is 0 Å². The van der Waals surface area contributed by atoms with Crippen LogP contribution in [0.15, 0.2) is 24.3 Å². The molecule has 100 valence electrons. The predicted molar refractivity (Wildman–Crippen MR) is 68.7 cm³/mol. The molecule has 0 radical (unpaired) electrons. The van der Waals surface area contributed by atoms with Gasteiger partial charge in [0.05, 0.1) is 6.61 Å². The molecule has 0 saturated heterocycles. The number of hydrogen-bond acceptors (Lipinski definition) is 5. The first-order valence-electron chi connectivity index (χ1n) is 5.98. The minimum Gasteiger partial charge on any atom is -0.508 e. The van der Waals surface area contributed by atoms with E-state index in [-0.39, 0.29) is 24.9 Å². The Hall–Kier alpha value is -1.75. The smallest absolute Gasteiger partial charge is 0.325 e. The predicted octanol–water partition coefficient (Wildman–Crippen LogP) is 1.77. The molecule has 0 aliphatic heterocycles. The lowest BCUT2D eigenvalue weighted by atomic mass is 10.3. The Morgan fingerprint density at radius 2 is 1.94 bits per heavy atom. The van der Waals surface area contributed by atoms with Crippen LogP contribution < -0.4 is 5.32 Å². The SMILES string of the molecule is CCCOCCOC(=O)CNc1ccc(O)cc1. The van der Waals surface area contributed by atoms with Gasteiger partial charge in [-0.1, -0.05) is 6.92 Å². The average Bonchev–Trinajstić information content (AvgIpc) is 2.38. The van der Waals surface area contributed by atoms with Crippen molar-refractivity contribution >= 4 is 11.7 Å². The van der Waals surface area contributed by atoms with Crippen molar-refractivity contribution in [1.29, 1.82) is 0 Å². The molecule has 1 aromatic rings. The molecule has 0 aromatic heterocycles. The van der Waals surface area contributed by atoms with E-state index in [9.17, 15) is 4.79 Å². The number of ether oxygens (including phenoxy) is 2. The fourth-order valence-corrected chi connectivity index (χ4v) is 1.27. The van der Waals surface area contributed by atoms with Crippen LogP contribution in [0.3, 0.4) is 0 Å². The summed E-state index contributed by atoms with van der Waals surface area (Å²) in [6.07, 6.45) is 0.955. The Morgan fingerprint density at radius 1 is 1.22 bits per heavy atom. The van der Waals surface area contributed by atoms with Gasteiger partial charge < -0.3 is 19.9 Å². The van der Waals surface area contributed by atoms with Crippen molar-refractivity contribution in [3.8, 4) is 5.75 Å². The first-order chi connectivity index (χ1) is 8.72. The molecule has 1 aromatic carbocycles. The van der Waals surface area contributed by atoms with Gasteiger partial charge in [0.1, 0.15) is 18.9 Å². The van der Waals surface area contributed by atoms with Crippen LogP contribution in [0.2, 0.25) is 0 Å². The molecule has 0 bridgehead atoms. The van der Waals surface area contributed by atoms with Gasteiger partial charge >= 0.3 is 5.97 Å². The van der Waals surface area contributed by atoms with Crippen LogP contribution in [0, 0.1) is 0 Å². The van der Waals surface area contributed by atoms with E-state index in [4.69, 9.17) is 14.6 Å². The number of carbonyl (C=O) groups excluding carboxylic acids is 1. The normalized spacial score (nSPS) is 10.1. The molecule has 0 unspecified atom stereocenters. The van der Waals surface area contributed by atoms with Gasteiger partial charge in [-0.2, -0.15) is 0 Å². The largest absolute Gasteiger partial charge is 0.508 e. The maximum atomic E-state index is 11.3. The van der Waals surface area contributed by atoms with E-state index in [1.807, 2.05) is 6.92 Å². The van der Waals surface area contributed by atoms with E-state index in [0.717, 1.165) is 12.1 Å². The van der Waals surface area contributed by atoms with Gasteiger partial charge in [0, 0.05) is 12.3 Å². The van der Waals surface area contributed by atoms with Gasteiger partial charge in [-0.25, -0.2) is 0 Å². The van der Waals surface area contributed by atoms with E-state index >= 15 is 0 Å². The molecule has 5 heteroatoms. The monoisotopic (exact) mass is 253 g/mol. The molecule has 5 nitrogen and oxygen atoms in total. The van der Waals surface area contributed by atoms with Gasteiger partial charge in [0.15, 0.2) is 0 Å². The Morgan fingerprint density at radius 3 is 2.61 bits per heavy atom. The summed E-state index contributed by atoms with van der Waals surface area (Å²) < 4.78 is 10.1. The van der Waals surface area contributed by atoms with Crippen molar-refractivity contribution in [1.82, 2.24) is 0 Å². The number of esters is 1. The van der Waals surface area contributed by atoms with Crippen molar-refractivity contribution < 1.29 is 19.4 Å². The van der Waals surface area contributed by atoms with E-state index in [1.54, 1.807) is 24.3 Å². The molecular weight excluding hydrogens is 234 g/mol. The molecule has 2 N–H and O–H groups in total. The second-order valence-corrected chi connectivity index (χ2v) is 3.73. The first-order valence-corrected chi connectivity index (χ1v) is 5.98. The molecule has 18 heavy (non-hydrogen) atoms. The number of aromatic hydroxyl groups is 1. The highest BCUT2D eigenvalue weighted by molar-refractivity contribution is 5.75. The third kappa shape index (κ3) is 6.10. The van der Waals surface area contributed by atoms with Crippen molar-refractivity contribution in [2.24, 2.45) is 0 Å². The number of benzene rings is 1. The lowest BCUT2D eigenvalue weighted by Gasteiger charge is -2.07. The fourth-order valence-electron chi connectivity index (χ4n) is 1.27. The summed E-state index contributed by atoms with van der Waals surface area (Å²) >= 11 is 0. The fraction of sp³-hybridized carbons (Fsp3) is 0.462. The van der Waals surface area contributed by atoms with Crippen LogP contribution in [0.1, 0.15) is 13.3 Å². The summed E-state index contributed by atoms with van der Waals surface area (Å²) in [4.78, 5) is 11.3. The van der Waals surface area contributed by atoms with E-state index < -0.39 is 0 Å². The third-order valence-corrected chi connectivity index (χ3v) is 2.14. The second kappa shape index (κ2) is 8.36. The van der Waals surface area contributed by atoms with Gasteiger partial charge in [0.25, 0.3) is 0 Å². The molecule has 0 aliphatic rings. The zero-order valence-corrected chi connectivity index (χ0v) is 10.5. The molecule has 1 rings (SSSR count). The molecule has 0 heterocycles. The lowest BCUT2D eigenvalue weighted by molar-refractivity contribution is -0.143. The highest BCUT2D eigenvalue weighted by atomic mass is 16.6. The number of phenols is 1.